The van der Waals surface area contributed by atoms with E-state index in [1.807, 2.05) is 41.9 Å². The van der Waals surface area contributed by atoms with Crippen LogP contribution in [0.4, 0.5) is 0 Å². The number of morpholine rings is 2. The van der Waals surface area contributed by atoms with Gasteiger partial charge in [-0.25, -0.2) is 8.42 Å². The second-order valence-corrected chi connectivity index (χ2v) is 14.0. The highest BCUT2D eigenvalue weighted by Crippen LogP contribution is 2.28. The van der Waals surface area contributed by atoms with Gasteiger partial charge in [-0.1, -0.05) is 17.7 Å². The molecule has 0 N–H and O–H groups in total. The molecule has 2 aliphatic rings. The molecule has 0 amide bonds. The van der Waals surface area contributed by atoms with Gasteiger partial charge in [0.15, 0.2) is 0 Å². The molecule has 3 aromatic rings. The number of benzene rings is 1. The first-order chi connectivity index (χ1) is 20.0. The number of hydrogen-bond acceptors (Lipinski definition) is 10. The summed E-state index contributed by atoms with van der Waals surface area (Å²) in [5.41, 5.74) is 1.01. The zero-order valence-electron chi connectivity index (χ0n) is 23.5. The number of sulfonamides is 1. The van der Waals surface area contributed by atoms with Crippen LogP contribution in [0.1, 0.15) is 15.3 Å². The van der Waals surface area contributed by atoms with E-state index in [0.717, 1.165) is 92.5 Å². The Hall–Kier alpha value is -2.03. The van der Waals surface area contributed by atoms with Crippen molar-refractivity contribution in [2.75, 3.05) is 78.9 Å². The molecule has 0 radical (unpaired) electrons. The van der Waals surface area contributed by atoms with Crippen molar-refractivity contribution in [2.45, 2.75) is 24.9 Å². The highest BCUT2D eigenvalue weighted by molar-refractivity contribution is 7.89. The Labute approximate surface area is 251 Å². The zero-order valence-corrected chi connectivity index (χ0v) is 26.0. The Morgan fingerprint density at radius 1 is 0.756 bits per heavy atom. The van der Waals surface area contributed by atoms with Gasteiger partial charge in [0.2, 0.25) is 10.0 Å². The van der Waals surface area contributed by atoms with Crippen LogP contribution in [0.2, 0.25) is 0 Å². The molecule has 0 saturated carbocycles. The number of aryl methyl sites for hydroxylation is 1. The molecule has 2 fully saturated rings. The molecule has 2 saturated heterocycles. The van der Waals surface area contributed by atoms with Crippen LogP contribution >= 0.6 is 22.7 Å². The maximum atomic E-state index is 13.7. The highest BCUT2D eigenvalue weighted by Gasteiger charge is 2.25. The first kappa shape index (κ1) is 30.4. The van der Waals surface area contributed by atoms with Crippen LogP contribution in [0.25, 0.3) is 0 Å². The predicted octanol–water partition coefficient (Wildman–Crippen LogP) is 3.93. The molecule has 2 aromatic heterocycles. The van der Waals surface area contributed by atoms with Gasteiger partial charge in [0.1, 0.15) is 24.7 Å². The third-order valence-corrected chi connectivity index (χ3v) is 10.9. The van der Waals surface area contributed by atoms with Gasteiger partial charge in [0, 0.05) is 52.4 Å². The molecule has 0 spiro atoms. The van der Waals surface area contributed by atoms with Crippen molar-refractivity contribution in [2.24, 2.45) is 0 Å². The van der Waals surface area contributed by atoms with Gasteiger partial charge >= 0.3 is 0 Å². The molecule has 9 nitrogen and oxygen atoms in total. The van der Waals surface area contributed by atoms with Gasteiger partial charge in [-0.3, -0.25) is 9.80 Å². The standard InChI is InChI=1S/C29H39N3O6S3/c1-24-2-4-25(5-3-24)41(33,34)32(12-18-37-26-6-20-39-28(26)22-30-8-14-35-15-9-30)13-19-38-27-7-21-40-29(27)23-31-10-16-36-17-11-31/h2-7,20-21H,8-19,22-23H2,1H3. The average Bonchev–Trinajstić information content (AvgIpc) is 3.62. The molecule has 41 heavy (non-hydrogen) atoms. The maximum Gasteiger partial charge on any atom is 0.243 e. The average molecular weight is 622 g/mol. The molecular weight excluding hydrogens is 583 g/mol. The van der Waals surface area contributed by atoms with Crippen LogP contribution in [0.15, 0.2) is 52.1 Å². The summed E-state index contributed by atoms with van der Waals surface area (Å²) in [6.07, 6.45) is 0. The third kappa shape index (κ3) is 8.51. The van der Waals surface area contributed by atoms with Crippen molar-refractivity contribution >= 4 is 32.7 Å². The number of ether oxygens (including phenoxy) is 4. The summed E-state index contributed by atoms with van der Waals surface area (Å²) in [7, 11) is -3.73. The minimum absolute atomic E-state index is 0.219. The normalized spacial score (nSPS) is 17.2. The summed E-state index contributed by atoms with van der Waals surface area (Å²) >= 11 is 3.33. The van der Waals surface area contributed by atoms with Crippen LogP contribution in [-0.2, 0) is 32.6 Å². The topological polar surface area (TPSA) is 80.8 Å². The van der Waals surface area contributed by atoms with Gasteiger partial charge in [0.25, 0.3) is 0 Å². The lowest BCUT2D eigenvalue weighted by molar-refractivity contribution is 0.0342. The molecule has 1 aromatic carbocycles. The van der Waals surface area contributed by atoms with E-state index in [1.165, 1.54) is 4.31 Å². The first-order valence-corrected chi connectivity index (χ1v) is 17.2. The minimum Gasteiger partial charge on any atom is -0.491 e. The fourth-order valence-corrected chi connectivity index (χ4v) is 7.92. The van der Waals surface area contributed by atoms with Crippen molar-refractivity contribution in [1.82, 2.24) is 14.1 Å². The molecule has 4 heterocycles. The molecule has 0 unspecified atom stereocenters. The Morgan fingerprint density at radius 2 is 1.22 bits per heavy atom. The zero-order chi connectivity index (χ0) is 28.5. The first-order valence-electron chi connectivity index (χ1n) is 14.0. The largest absolute Gasteiger partial charge is 0.491 e. The predicted molar refractivity (Wildman–Crippen MR) is 162 cm³/mol. The summed E-state index contributed by atoms with van der Waals surface area (Å²) in [5.74, 6) is 1.63. The molecular formula is C29H39N3O6S3. The molecule has 224 valence electrons. The van der Waals surface area contributed by atoms with E-state index in [2.05, 4.69) is 9.80 Å². The van der Waals surface area contributed by atoms with E-state index in [0.29, 0.717) is 0 Å². The van der Waals surface area contributed by atoms with Crippen molar-refractivity contribution < 1.29 is 27.4 Å². The molecule has 0 atom stereocenters. The van der Waals surface area contributed by atoms with Gasteiger partial charge in [-0.05, 0) is 41.9 Å². The van der Waals surface area contributed by atoms with Crippen molar-refractivity contribution in [3.63, 3.8) is 0 Å². The Bertz CT molecular complexity index is 1250. The Balaban J connectivity index is 1.21. The van der Waals surface area contributed by atoms with Crippen molar-refractivity contribution in [3.05, 3.63) is 62.5 Å². The lowest BCUT2D eigenvalue weighted by atomic mass is 10.2. The van der Waals surface area contributed by atoms with Crippen LogP contribution in [0, 0.1) is 6.92 Å². The third-order valence-electron chi connectivity index (χ3n) is 7.21. The van der Waals surface area contributed by atoms with Crippen LogP contribution in [-0.4, -0.2) is 101 Å². The minimum atomic E-state index is -3.73. The molecule has 0 aliphatic carbocycles. The number of hydrogen-bond donors (Lipinski definition) is 0. The Kier molecular flexibility index (Phi) is 11.1. The monoisotopic (exact) mass is 621 g/mol. The second kappa shape index (κ2) is 14.9. The highest BCUT2D eigenvalue weighted by atomic mass is 32.2. The van der Waals surface area contributed by atoms with Crippen LogP contribution < -0.4 is 9.47 Å². The summed E-state index contributed by atoms with van der Waals surface area (Å²) in [6, 6.07) is 10.9. The number of thiophene rings is 2. The van der Waals surface area contributed by atoms with Gasteiger partial charge < -0.3 is 18.9 Å². The van der Waals surface area contributed by atoms with Crippen LogP contribution in [0.5, 0.6) is 11.5 Å². The quantitative estimate of drug-likeness (QED) is 0.268. The lowest BCUT2D eigenvalue weighted by Gasteiger charge is -2.26. The van der Waals surface area contributed by atoms with E-state index in [4.69, 9.17) is 18.9 Å². The SMILES string of the molecule is Cc1ccc(S(=O)(=O)N(CCOc2ccsc2CN2CCOCC2)CCOc2ccsc2CN2CCOCC2)cc1. The summed E-state index contributed by atoms with van der Waals surface area (Å²) in [5, 5.41) is 4.05. The number of nitrogens with zero attached hydrogens (tertiary/aromatic N) is 3. The lowest BCUT2D eigenvalue weighted by Crippen LogP contribution is -2.38. The molecule has 5 rings (SSSR count). The van der Waals surface area contributed by atoms with E-state index >= 15 is 0 Å². The van der Waals surface area contributed by atoms with Crippen molar-refractivity contribution in [1.29, 1.82) is 0 Å². The van der Waals surface area contributed by atoms with E-state index in [1.54, 1.807) is 34.8 Å². The maximum absolute atomic E-state index is 13.7. The van der Waals surface area contributed by atoms with E-state index in [-0.39, 0.29) is 31.2 Å². The van der Waals surface area contributed by atoms with Gasteiger partial charge in [-0.2, -0.15) is 4.31 Å². The fraction of sp³-hybridized carbons (Fsp3) is 0.517. The second-order valence-electron chi connectivity index (χ2n) is 10.1. The Morgan fingerprint density at radius 3 is 1.68 bits per heavy atom. The van der Waals surface area contributed by atoms with E-state index in [9.17, 15) is 8.42 Å². The van der Waals surface area contributed by atoms with Crippen molar-refractivity contribution in [3.8, 4) is 11.5 Å². The summed E-state index contributed by atoms with van der Waals surface area (Å²) in [4.78, 5) is 7.27. The van der Waals surface area contributed by atoms with Gasteiger partial charge in [-0.15, -0.1) is 22.7 Å². The molecule has 12 heteroatoms. The smallest absolute Gasteiger partial charge is 0.243 e. The fourth-order valence-electron chi connectivity index (χ4n) is 4.80. The molecule has 2 aliphatic heterocycles. The van der Waals surface area contributed by atoms with E-state index < -0.39 is 10.0 Å². The summed E-state index contributed by atoms with van der Waals surface area (Å²) < 4.78 is 52.0. The summed E-state index contributed by atoms with van der Waals surface area (Å²) in [6.45, 7) is 11.1. The van der Waals surface area contributed by atoms with Gasteiger partial charge in [0.05, 0.1) is 41.1 Å². The number of rotatable bonds is 14. The molecule has 0 bridgehead atoms. The van der Waals surface area contributed by atoms with Crippen LogP contribution in [0.3, 0.4) is 0 Å².